The summed E-state index contributed by atoms with van der Waals surface area (Å²) in [6.07, 6.45) is 1.66. The average molecular weight is 425 g/mol. The first-order valence-electron chi connectivity index (χ1n) is 10.6. The van der Waals surface area contributed by atoms with E-state index in [1.807, 2.05) is 26.2 Å². The zero-order chi connectivity index (χ0) is 22.2. The van der Waals surface area contributed by atoms with Crippen LogP contribution in [0.4, 0.5) is 5.69 Å². The summed E-state index contributed by atoms with van der Waals surface area (Å²) >= 11 is 0. The third-order valence-electron chi connectivity index (χ3n) is 5.59. The van der Waals surface area contributed by atoms with E-state index in [4.69, 9.17) is 0 Å². The Labute approximate surface area is 184 Å². The fourth-order valence-electron chi connectivity index (χ4n) is 3.61. The van der Waals surface area contributed by atoms with E-state index in [-0.39, 0.29) is 12.6 Å². The molecule has 2 N–H and O–H groups in total. The number of piperazine rings is 1. The summed E-state index contributed by atoms with van der Waals surface area (Å²) in [5, 5.41) is 5.45. The van der Waals surface area contributed by atoms with Crippen molar-refractivity contribution < 1.29 is 9.59 Å². The van der Waals surface area contributed by atoms with Gasteiger partial charge in [-0.25, -0.2) is 0 Å². The number of anilines is 1. The highest BCUT2D eigenvalue weighted by molar-refractivity contribution is 6.35. The Morgan fingerprint density at radius 1 is 1.00 bits per heavy atom. The van der Waals surface area contributed by atoms with Gasteiger partial charge in [0.05, 0.1) is 18.3 Å². The maximum Gasteiger partial charge on any atom is 0.309 e. The standard InChI is InChI=1S/C23H32N6O2/c1-27(2)20-9-7-18(8-10-20)21(29-14-12-28(3)13-15-29)17-26-23(31)22(30)25-16-19-6-4-5-11-24-19/h4-11,21H,12-17H2,1-3H3,(H,25,30)(H,26,31)/t21-/m1/s1. The number of aromatic nitrogens is 1. The van der Waals surface area contributed by atoms with Crippen molar-refractivity contribution in [3.8, 4) is 0 Å². The van der Waals surface area contributed by atoms with Crippen molar-refractivity contribution in [3.63, 3.8) is 0 Å². The van der Waals surface area contributed by atoms with Crippen molar-refractivity contribution in [1.82, 2.24) is 25.4 Å². The highest BCUT2D eigenvalue weighted by Crippen LogP contribution is 2.24. The molecular formula is C23H32N6O2. The molecule has 2 amide bonds. The SMILES string of the molecule is CN1CCN([C@H](CNC(=O)C(=O)NCc2ccccn2)c2ccc(N(C)C)cc2)CC1. The number of hydrogen-bond donors (Lipinski definition) is 2. The van der Waals surface area contributed by atoms with Crippen LogP contribution in [0.5, 0.6) is 0 Å². The summed E-state index contributed by atoms with van der Waals surface area (Å²) in [7, 11) is 6.14. The molecule has 0 saturated carbocycles. The lowest BCUT2D eigenvalue weighted by Crippen LogP contribution is -2.49. The van der Waals surface area contributed by atoms with Gasteiger partial charge in [-0.1, -0.05) is 18.2 Å². The van der Waals surface area contributed by atoms with Crippen molar-refractivity contribution in [2.75, 3.05) is 58.8 Å². The summed E-state index contributed by atoms with van der Waals surface area (Å²) in [4.78, 5) is 35.5. The quantitative estimate of drug-likeness (QED) is 0.642. The van der Waals surface area contributed by atoms with Gasteiger partial charge in [0.25, 0.3) is 0 Å². The minimum Gasteiger partial charge on any atom is -0.378 e. The number of benzene rings is 1. The van der Waals surface area contributed by atoms with Gasteiger partial charge in [-0.05, 0) is 36.9 Å². The summed E-state index contributed by atoms with van der Waals surface area (Å²) in [5.74, 6) is -1.27. The van der Waals surface area contributed by atoms with E-state index in [0.29, 0.717) is 12.2 Å². The second-order valence-corrected chi connectivity index (χ2v) is 8.05. The molecule has 0 aliphatic carbocycles. The molecule has 0 unspecified atom stereocenters. The van der Waals surface area contributed by atoms with Crippen LogP contribution >= 0.6 is 0 Å². The molecule has 1 aromatic heterocycles. The number of likely N-dealkylation sites (N-methyl/N-ethyl adjacent to an activating group) is 1. The molecule has 1 atom stereocenters. The van der Waals surface area contributed by atoms with Crippen LogP contribution in [-0.4, -0.2) is 80.5 Å². The molecule has 1 aromatic carbocycles. The normalized spacial score (nSPS) is 15.8. The van der Waals surface area contributed by atoms with Crippen molar-refractivity contribution in [2.45, 2.75) is 12.6 Å². The molecule has 8 heteroatoms. The van der Waals surface area contributed by atoms with Crippen LogP contribution in [0.3, 0.4) is 0 Å². The number of nitrogens with zero attached hydrogens (tertiary/aromatic N) is 4. The highest BCUT2D eigenvalue weighted by Gasteiger charge is 2.25. The average Bonchev–Trinajstić information content (AvgIpc) is 2.79. The monoisotopic (exact) mass is 424 g/mol. The smallest absolute Gasteiger partial charge is 0.309 e. The predicted molar refractivity (Wildman–Crippen MR) is 122 cm³/mol. The fraction of sp³-hybridized carbons (Fsp3) is 0.435. The van der Waals surface area contributed by atoms with Crippen molar-refractivity contribution >= 4 is 17.5 Å². The van der Waals surface area contributed by atoms with Crippen molar-refractivity contribution in [2.24, 2.45) is 0 Å². The predicted octanol–water partition coefficient (Wildman–Crippen LogP) is 0.869. The maximum absolute atomic E-state index is 12.4. The van der Waals surface area contributed by atoms with Gasteiger partial charge in [0.15, 0.2) is 0 Å². The Balaban J connectivity index is 1.62. The highest BCUT2D eigenvalue weighted by atomic mass is 16.2. The minimum absolute atomic E-state index is 0.0115. The van der Waals surface area contributed by atoms with Crippen LogP contribution < -0.4 is 15.5 Å². The van der Waals surface area contributed by atoms with Gasteiger partial charge in [0, 0.05) is 58.7 Å². The van der Waals surface area contributed by atoms with Gasteiger partial charge < -0.3 is 20.4 Å². The van der Waals surface area contributed by atoms with Gasteiger partial charge in [-0.3, -0.25) is 19.5 Å². The minimum atomic E-state index is -0.647. The van der Waals surface area contributed by atoms with Crippen molar-refractivity contribution in [1.29, 1.82) is 0 Å². The number of pyridine rings is 1. The second-order valence-electron chi connectivity index (χ2n) is 8.05. The van der Waals surface area contributed by atoms with Crippen molar-refractivity contribution in [3.05, 3.63) is 59.9 Å². The summed E-state index contributed by atoms with van der Waals surface area (Å²) in [6, 6.07) is 13.8. The molecule has 1 fully saturated rings. The molecule has 0 spiro atoms. The third kappa shape index (κ3) is 6.50. The van der Waals surface area contributed by atoms with E-state index in [1.165, 1.54) is 0 Å². The number of hydrogen-bond acceptors (Lipinski definition) is 6. The van der Waals surface area contributed by atoms with E-state index < -0.39 is 11.8 Å². The van der Waals surface area contributed by atoms with E-state index >= 15 is 0 Å². The number of amides is 2. The Kier molecular flexibility index (Phi) is 7.97. The van der Waals surface area contributed by atoms with E-state index in [0.717, 1.165) is 37.4 Å². The van der Waals surface area contributed by atoms with Crippen LogP contribution in [0.2, 0.25) is 0 Å². The fourth-order valence-corrected chi connectivity index (χ4v) is 3.61. The molecule has 0 bridgehead atoms. The van der Waals surface area contributed by atoms with Crippen LogP contribution in [-0.2, 0) is 16.1 Å². The maximum atomic E-state index is 12.4. The van der Waals surface area contributed by atoms with E-state index in [2.05, 4.69) is 61.6 Å². The van der Waals surface area contributed by atoms with Gasteiger partial charge in [0.1, 0.15) is 0 Å². The molecular weight excluding hydrogens is 392 g/mol. The summed E-state index contributed by atoms with van der Waals surface area (Å²) in [5.41, 5.74) is 2.96. The Bertz CT molecular complexity index is 848. The molecule has 0 radical (unpaired) electrons. The molecule has 1 aliphatic heterocycles. The largest absolute Gasteiger partial charge is 0.378 e. The lowest BCUT2D eigenvalue weighted by Gasteiger charge is -2.38. The first-order chi connectivity index (χ1) is 14.9. The van der Waals surface area contributed by atoms with Gasteiger partial charge in [-0.15, -0.1) is 0 Å². The van der Waals surface area contributed by atoms with Crippen LogP contribution in [0, 0.1) is 0 Å². The van der Waals surface area contributed by atoms with Crippen LogP contribution in [0.25, 0.3) is 0 Å². The zero-order valence-corrected chi connectivity index (χ0v) is 18.5. The molecule has 2 heterocycles. The number of carbonyl (C=O) groups excluding carboxylic acids is 2. The zero-order valence-electron chi connectivity index (χ0n) is 18.5. The van der Waals surface area contributed by atoms with Crippen LogP contribution in [0.1, 0.15) is 17.3 Å². The molecule has 166 valence electrons. The third-order valence-corrected chi connectivity index (χ3v) is 5.59. The molecule has 3 rings (SSSR count). The second kappa shape index (κ2) is 10.9. The van der Waals surface area contributed by atoms with Gasteiger partial charge >= 0.3 is 11.8 Å². The van der Waals surface area contributed by atoms with E-state index in [1.54, 1.807) is 12.3 Å². The first kappa shape index (κ1) is 22.7. The lowest BCUT2D eigenvalue weighted by atomic mass is 10.0. The van der Waals surface area contributed by atoms with Gasteiger partial charge in [-0.2, -0.15) is 0 Å². The van der Waals surface area contributed by atoms with E-state index in [9.17, 15) is 9.59 Å². The lowest BCUT2D eigenvalue weighted by molar-refractivity contribution is -0.139. The summed E-state index contributed by atoms with van der Waals surface area (Å²) < 4.78 is 0. The number of carbonyl (C=O) groups is 2. The molecule has 2 aromatic rings. The number of rotatable bonds is 7. The Morgan fingerprint density at radius 3 is 2.29 bits per heavy atom. The molecule has 1 saturated heterocycles. The molecule has 31 heavy (non-hydrogen) atoms. The number of nitrogens with one attached hydrogen (secondary N) is 2. The molecule has 8 nitrogen and oxygen atoms in total. The molecule has 1 aliphatic rings. The van der Waals surface area contributed by atoms with Crippen LogP contribution in [0.15, 0.2) is 48.7 Å². The topological polar surface area (TPSA) is 80.8 Å². The van der Waals surface area contributed by atoms with Gasteiger partial charge in [0.2, 0.25) is 0 Å². The first-order valence-corrected chi connectivity index (χ1v) is 10.6. The Hall–Kier alpha value is -2.97. The Morgan fingerprint density at radius 2 is 1.68 bits per heavy atom. The summed E-state index contributed by atoms with van der Waals surface area (Å²) in [6.45, 7) is 4.38.